The first kappa shape index (κ1) is 16.4. The van der Waals surface area contributed by atoms with Gasteiger partial charge < -0.3 is 14.2 Å². The van der Waals surface area contributed by atoms with E-state index in [9.17, 15) is 0 Å². The lowest BCUT2D eigenvalue weighted by Crippen LogP contribution is -2.35. The number of hydrogen-bond donors (Lipinski definition) is 0. The number of aromatic nitrogens is 2. The van der Waals surface area contributed by atoms with Gasteiger partial charge in [0.25, 0.3) is 0 Å². The summed E-state index contributed by atoms with van der Waals surface area (Å²) in [6, 6.07) is 5.25. The number of fused-ring (bicyclic) bond motifs is 2. The predicted molar refractivity (Wildman–Crippen MR) is 89.7 cm³/mol. The highest BCUT2D eigenvalue weighted by Crippen LogP contribution is 2.46. The second-order valence-electron chi connectivity index (χ2n) is 5.61. The maximum Gasteiger partial charge on any atom is 0.197 e. The molecule has 1 fully saturated rings. The fourth-order valence-electron chi connectivity index (χ4n) is 3.11. The van der Waals surface area contributed by atoms with Crippen LogP contribution in [0.1, 0.15) is 30.2 Å². The minimum atomic E-state index is -0.747. The van der Waals surface area contributed by atoms with E-state index in [0.717, 1.165) is 5.56 Å². The second kappa shape index (κ2) is 6.32. The van der Waals surface area contributed by atoms with Crippen LogP contribution >= 0.6 is 34.8 Å². The zero-order valence-electron chi connectivity index (χ0n) is 12.5. The van der Waals surface area contributed by atoms with Crippen LogP contribution in [-0.2, 0) is 15.3 Å². The molecular formula is C16H13Cl3N2O3. The van der Waals surface area contributed by atoms with E-state index in [4.69, 9.17) is 49.0 Å². The van der Waals surface area contributed by atoms with Crippen molar-refractivity contribution in [3.8, 4) is 5.75 Å². The van der Waals surface area contributed by atoms with Gasteiger partial charge in [0.05, 0.1) is 30.1 Å². The highest BCUT2D eigenvalue weighted by molar-refractivity contribution is 6.41. The van der Waals surface area contributed by atoms with Crippen LogP contribution in [0.15, 0.2) is 24.4 Å². The minimum Gasteiger partial charge on any atom is -0.482 e. The lowest BCUT2D eigenvalue weighted by molar-refractivity contribution is -0.182. The Hall–Kier alpha value is -1.11. The Bertz CT molecular complexity index is 781. The molecule has 2 aromatic rings. The van der Waals surface area contributed by atoms with Crippen molar-refractivity contribution >= 4 is 34.8 Å². The van der Waals surface area contributed by atoms with E-state index in [2.05, 4.69) is 9.97 Å². The standard InChI is InChI=1S/C16H13Cl3N2O3/c17-11-7-9(8-20-15(11)19)24-12-3-4-16(22-5-6-23-16)10-1-2-13(18)21-14(10)12/h1-2,7-8,12H,3-6H2. The van der Waals surface area contributed by atoms with Crippen LogP contribution in [0, 0.1) is 0 Å². The van der Waals surface area contributed by atoms with E-state index >= 15 is 0 Å². The molecule has 1 unspecified atom stereocenters. The van der Waals surface area contributed by atoms with Gasteiger partial charge in [0, 0.05) is 18.1 Å². The SMILES string of the molecule is Clc1ccc2c(n1)C(Oc1cnc(Cl)c(Cl)c1)CCC21OCCO1. The molecule has 3 heterocycles. The second-order valence-corrected chi connectivity index (χ2v) is 6.76. The summed E-state index contributed by atoms with van der Waals surface area (Å²) in [4.78, 5) is 8.45. The summed E-state index contributed by atoms with van der Waals surface area (Å²) in [7, 11) is 0. The van der Waals surface area contributed by atoms with Crippen LogP contribution in [0.5, 0.6) is 5.75 Å². The molecule has 0 N–H and O–H groups in total. The molecular weight excluding hydrogens is 375 g/mol. The van der Waals surface area contributed by atoms with Gasteiger partial charge in [0.2, 0.25) is 0 Å². The molecule has 0 radical (unpaired) electrons. The summed E-state index contributed by atoms with van der Waals surface area (Å²) >= 11 is 17.9. The number of pyridine rings is 2. The van der Waals surface area contributed by atoms with Gasteiger partial charge in [-0.05, 0) is 18.6 Å². The number of hydrogen-bond acceptors (Lipinski definition) is 5. The smallest absolute Gasteiger partial charge is 0.197 e. The Kier molecular flexibility index (Phi) is 4.31. The average Bonchev–Trinajstić information content (AvgIpc) is 3.03. The lowest BCUT2D eigenvalue weighted by Gasteiger charge is -2.36. The Morgan fingerprint density at radius 2 is 1.96 bits per heavy atom. The molecule has 0 aromatic carbocycles. The van der Waals surface area contributed by atoms with Crippen LogP contribution in [0.25, 0.3) is 0 Å². The van der Waals surface area contributed by atoms with Crippen LogP contribution in [-0.4, -0.2) is 23.2 Å². The predicted octanol–water partition coefficient (Wildman–Crippen LogP) is 4.55. The van der Waals surface area contributed by atoms with Crippen molar-refractivity contribution in [3.63, 3.8) is 0 Å². The third-order valence-electron chi connectivity index (χ3n) is 4.15. The van der Waals surface area contributed by atoms with E-state index in [1.807, 2.05) is 6.07 Å². The van der Waals surface area contributed by atoms with E-state index in [1.54, 1.807) is 12.1 Å². The molecule has 1 aliphatic carbocycles. The van der Waals surface area contributed by atoms with Gasteiger partial charge in [0.15, 0.2) is 5.79 Å². The molecule has 0 saturated carbocycles. The molecule has 126 valence electrons. The summed E-state index contributed by atoms with van der Waals surface area (Å²) in [6.45, 7) is 1.12. The van der Waals surface area contributed by atoms with Crippen molar-refractivity contribution in [2.45, 2.75) is 24.7 Å². The van der Waals surface area contributed by atoms with Gasteiger partial charge in [-0.15, -0.1) is 0 Å². The molecule has 1 atom stereocenters. The molecule has 4 rings (SSSR count). The van der Waals surface area contributed by atoms with Crippen molar-refractivity contribution in [2.75, 3.05) is 13.2 Å². The van der Waals surface area contributed by atoms with Crippen LogP contribution in [0.3, 0.4) is 0 Å². The van der Waals surface area contributed by atoms with Crippen molar-refractivity contribution in [1.29, 1.82) is 0 Å². The summed E-state index contributed by atoms with van der Waals surface area (Å²) < 4.78 is 17.8. The highest BCUT2D eigenvalue weighted by atomic mass is 35.5. The zero-order valence-corrected chi connectivity index (χ0v) is 14.7. The van der Waals surface area contributed by atoms with Crippen molar-refractivity contribution in [1.82, 2.24) is 9.97 Å². The lowest BCUT2D eigenvalue weighted by atomic mass is 9.88. The summed E-state index contributed by atoms with van der Waals surface area (Å²) in [5.74, 6) is -0.228. The van der Waals surface area contributed by atoms with Gasteiger partial charge in [0.1, 0.15) is 22.2 Å². The van der Waals surface area contributed by atoms with E-state index in [0.29, 0.717) is 47.7 Å². The maximum absolute atomic E-state index is 6.09. The first-order valence-corrected chi connectivity index (χ1v) is 8.63. The quantitative estimate of drug-likeness (QED) is 0.708. The van der Waals surface area contributed by atoms with Crippen molar-refractivity contribution < 1.29 is 14.2 Å². The van der Waals surface area contributed by atoms with Gasteiger partial charge in [-0.1, -0.05) is 34.8 Å². The molecule has 1 spiro atoms. The third-order valence-corrected chi connectivity index (χ3v) is 5.04. The van der Waals surface area contributed by atoms with Crippen LogP contribution in [0.4, 0.5) is 0 Å². The average molecular weight is 388 g/mol. The van der Waals surface area contributed by atoms with Crippen molar-refractivity contribution in [3.05, 3.63) is 51.0 Å². The Labute approximate surface area is 153 Å². The zero-order chi connectivity index (χ0) is 16.7. The normalized spacial score (nSPS) is 21.7. The number of ether oxygens (including phenoxy) is 3. The number of halogens is 3. The molecule has 8 heteroatoms. The molecule has 2 aliphatic rings. The first-order valence-electron chi connectivity index (χ1n) is 7.50. The monoisotopic (exact) mass is 386 g/mol. The molecule has 1 aliphatic heterocycles. The van der Waals surface area contributed by atoms with E-state index in [1.165, 1.54) is 6.20 Å². The largest absolute Gasteiger partial charge is 0.482 e. The first-order chi connectivity index (χ1) is 11.6. The topological polar surface area (TPSA) is 53.5 Å². The number of rotatable bonds is 2. The molecule has 0 bridgehead atoms. The van der Waals surface area contributed by atoms with Gasteiger partial charge in [-0.3, -0.25) is 0 Å². The summed E-state index contributed by atoms with van der Waals surface area (Å²) in [6.07, 6.45) is 2.57. The molecule has 0 amide bonds. The molecule has 5 nitrogen and oxygen atoms in total. The van der Waals surface area contributed by atoms with Gasteiger partial charge in [-0.2, -0.15) is 0 Å². The maximum atomic E-state index is 6.09. The fraction of sp³-hybridized carbons (Fsp3) is 0.375. The van der Waals surface area contributed by atoms with Crippen LogP contribution < -0.4 is 4.74 Å². The highest BCUT2D eigenvalue weighted by Gasteiger charge is 2.46. The molecule has 2 aromatic heterocycles. The molecule has 24 heavy (non-hydrogen) atoms. The van der Waals surface area contributed by atoms with E-state index in [-0.39, 0.29) is 11.3 Å². The van der Waals surface area contributed by atoms with Gasteiger partial charge >= 0.3 is 0 Å². The van der Waals surface area contributed by atoms with E-state index < -0.39 is 5.79 Å². The van der Waals surface area contributed by atoms with Crippen molar-refractivity contribution in [2.24, 2.45) is 0 Å². The van der Waals surface area contributed by atoms with Crippen LogP contribution in [0.2, 0.25) is 15.3 Å². The Morgan fingerprint density at radius 1 is 1.17 bits per heavy atom. The number of nitrogens with zero attached hydrogens (tertiary/aromatic N) is 2. The summed E-state index contributed by atoms with van der Waals surface area (Å²) in [5.41, 5.74) is 1.57. The third kappa shape index (κ3) is 2.85. The van der Waals surface area contributed by atoms with Gasteiger partial charge in [-0.25, -0.2) is 9.97 Å². The molecule has 1 saturated heterocycles. The Balaban J connectivity index is 1.69. The summed E-state index contributed by atoms with van der Waals surface area (Å²) in [5, 5.41) is 0.966. The fourth-order valence-corrected chi connectivity index (χ4v) is 3.53. The Morgan fingerprint density at radius 3 is 2.71 bits per heavy atom. The minimum absolute atomic E-state index is 0.237.